The van der Waals surface area contributed by atoms with Crippen molar-refractivity contribution >= 4 is 39.2 Å². The largest absolute Gasteiger partial charge is 0.384 e. The average molecular weight is 505 g/mol. The Labute approximate surface area is 205 Å². The maximum Gasteiger partial charge on any atom is 0.339 e. The monoisotopic (exact) mass is 504 g/mol. The summed E-state index contributed by atoms with van der Waals surface area (Å²) in [6.45, 7) is 5.73. The van der Waals surface area contributed by atoms with Gasteiger partial charge in [-0.25, -0.2) is 0 Å². The highest BCUT2D eigenvalue weighted by Crippen LogP contribution is 2.40. The second kappa shape index (κ2) is 10.9. The molecular weight excluding hydrogens is 472 g/mol. The van der Waals surface area contributed by atoms with Gasteiger partial charge >= 0.3 is 10.1 Å². The molecule has 0 aromatic heterocycles. The Morgan fingerprint density at radius 1 is 1.12 bits per heavy atom. The molecule has 4 rings (SSSR count). The molecule has 1 unspecified atom stereocenters. The smallest absolute Gasteiger partial charge is 0.339 e. The Balaban J connectivity index is 1.33. The average Bonchev–Trinajstić information content (AvgIpc) is 3.46. The number of fused-ring (bicyclic) bond motifs is 1. The van der Waals surface area contributed by atoms with Crippen molar-refractivity contribution in [1.29, 1.82) is 0 Å². The third-order valence-corrected chi connectivity index (χ3v) is 8.16. The highest BCUT2D eigenvalue weighted by Gasteiger charge is 2.29. The van der Waals surface area contributed by atoms with E-state index in [1.54, 1.807) is 30.3 Å². The third-order valence-electron chi connectivity index (χ3n) is 5.84. The van der Waals surface area contributed by atoms with Crippen LogP contribution in [0.5, 0.6) is 5.75 Å². The number of anilines is 2. The highest BCUT2D eigenvalue weighted by molar-refractivity contribution is 8.00. The fraction of sp³-hybridized carbons (Fsp3) is 0.458. The van der Waals surface area contributed by atoms with Crippen LogP contribution in [-0.2, 0) is 14.9 Å². The van der Waals surface area contributed by atoms with E-state index < -0.39 is 10.1 Å². The minimum atomic E-state index is -3.97. The van der Waals surface area contributed by atoms with Crippen molar-refractivity contribution in [3.05, 3.63) is 42.5 Å². The minimum Gasteiger partial charge on any atom is -0.384 e. The fourth-order valence-corrected chi connectivity index (χ4v) is 6.03. The Hall–Kier alpha value is -2.43. The topological polar surface area (TPSA) is 109 Å². The first-order chi connectivity index (χ1) is 16.3. The summed E-state index contributed by atoms with van der Waals surface area (Å²) >= 11 is 1.44. The van der Waals surface area contributed by atoms with Gasteiger partial charge in [0.25, 0.3) is 0 Å². The van der Waals surface area contributed by atoms with E-state index >= 15 is 0 Å². The van der Waals surface area contributed by atoms with E-state index in [1.165, 1.54) is 23.9 Å². The Morgan fingerprint density at radius 2 is 1.85 bits per heavy atom. The molecule has 1 fully saturated rings. The SMILES string of the molecule is CC(C)NCCNc1ccc(S(=O)(=O)Oc2ccc3c(c2)SC(NC(=O)C2CCCC2)N3)cc1. The first-order valence-electron chi connectivity index (χ1n) is 11.7. The Morgan fingerprint density at radius 3 is 2.56 bits per heavy atom. The van der Waals surface area contributed by atoms with Gasteiger partial charge in [0.2, 0.25) is 5.91 Å². The molecule has 1 amide bonds. The summed E-state index contributed by atoms with van der Waals surface area (Å²) in [6.07, 6.45) is 4.10. The second-order valence-corrected chi connectivity index (χ2v) is 11.6. The van der Waals surface area contributed by atoms with Crippen LogP contribution in [0.25, 0.3) is 0 Å². The Kier molecular flexibility index (Phi) is 7.90. The molecule has 1 atom stereocenters. The number of carbonyl (C=O) groups is 1. The van der Waals surface area contributed by atoms with E-state index in [4.69, 9.17) is 4.18 Å². The molecule has 8 nitrogen and oxygen atoms in total. The van der Waals surface area contributed by atoms with E-state index in [0.717, 1.165) is 55.0 Å². The van der Waals surface area contributed by atoms with Gasteiger partial charge in [0.1, 0.15) is 10.6 Å². The molecule has 184 valence electrons. The zero-order valence-electron chi connectivity index (χ0n) is 19.5. The predicted octanol–water partition coefficient (Wildman–Crippen LogP) is 3.97. The maximum atomic E-state index is 12.8. The summed E-state index contributed by atoms with van der Waals surface area (Å²) in [6, 6.07) is 12.0. The van der Waals surface area contributed by atoms with Crippen molar-refractivity contribution in [1.82, 2.24) is 10.6 Å². The molecule has 0 radical (unpaired) electrons. The summed E-state index contributed by atoms with van der Waals surface area (Å²) in [5.74, 6) is 0.398. The molecule has 2 aliphatic rings. The van der Waals surface area contributed by atoms with Crippen LogP contribution < -0.4 is 25.5 Å². The zero-order chi connectivity index (χ0) is 24.1. The van der Waals surface area contributed by atoms with E-state index in [-0.39, 0.29) is 28.0 Å². The molecule has 2 aromatic carbocycles. The van der Waals surface area contributed by atoms with Gasteiger partial charge in [0.15, 0.2) is 5.50 Å². The fourth-order valence-electron chi connectivity index (χ4n) is 4.05. The summed E-state index contributed by atoms with van der Waals surface area (Å²) in [5, 5.41) is 12.9. The molecular formula is C24H32N4O4S2. The van der Waals surface area contributed by atoms with Crippen LogP contribution in [0.4, 0.5) is 11.4 Å². The van der Waals surface area contributed by atoms with E-state index in [9.17, 15) is 13.2 Å². The quantitative estimate of drug-likeness (QED) is 0.284. The van der Waals surface area contributed by atoms with E-state index in [0.29, 0.717) is 6.04 Å². The van der Waals surface area contributed by atoms with Gasteiger partial charge in [-0.15, -0.1) is 0 Å². The van der Waals surface area contributed by atoms with Gasteiger partial charge in [-0.3, -0.25) is 4.79 Å². The minimum absolute atomic E-state index is 0.0727. The number of nitrogens with one attached hydrogen (secondary N) is 4. The lowest BCUT2D eigenvalue weighted by Gasteiger charge is -2.15. The van der Waals surface area contributed by atoms with Crippen molar-refractivity contribution in [2.75, 3.05) is 23.7 Å². The van der Waals surface area contributed by atoms with Gasteiger partial charge < -0.3 is 25.5 Å². The van der Waals surface area contributed by atoms with E-state index in [2.05, 4.69) is 35.1 Å². The van der Waals surface area contributed by atoms with Gasteiger partial charge in [0, 0.05) is 35.6 Å². The lowest BCUT2D eigenvalue weighted by atomic mass is 10.1. The number of hydrogen-bond acceptors (Lipinski definition) is 8. The predicted molar refractivity (Wildman–Crippen MR) is 136 cm³/mol. The highest BCUT2D eigenvalue weighted by atomic mass is 32.2. The number of carbonyl (C=O) groups excluding carboxylic acids is 1. The standard InChI is InChI=1S/C24H32N4O4S2/c1-16(2)25-13-14-26-18-7-10-20(11-8-18)34(30,31)32-19-9-12-21-22(15-19)33-24(27-21)28-23(29)17-5-3-4-6-17/h7-12,15-17,24-27H,3-6,13-14H2,1-2H3,(H,28,29). The number of amides is 1. The number of thioether (sulfide) groups is 1. The molecule has 1 aliphatic carbocycles. The summed E-state index contributed by atoms with van der Waals surface area (Å²) in [4.78, 5) is 13.3. The normalized spacial score (nSPS) is 17.9. The molecule has 2 aromatic rings. The molecule has 1 heterocycles. The zero-order valence-corrected chi connectivity index (χ0v) is 21.1. The third kappa shape index (κ3) is 6.37. The lowest BCUT2D eigenvalue weighted by Crippen LogP contribution is -2.39. The molecule has 0 saturated heterocycles. The van der Waals surface area contributed by atoms with E-state index in [1.807, 2.05) is 0 Å². The maximum absolute atomic E-state index is 12.8. The van der Waals surface area contributed by atoms with Gasteiger partial charge in [0.05, 0.1) is 5.69 Å². The summed E-state index contributed by atoms with van der Waals surface area (Å²) < 4.78 is 30.9. The molecule has 10 heteroatoms. The molecule has 0 spiro atoms. The molecule has 34 heavy (non-hydrogen) atoms. The lowest BCUT2D eigenvalue weighted by molar-refractivity contribution is -0.124. The van der Waals surface area contributed by atoms with Crippen molar-refractivity contribution < 1.29 is 17.4 Å². The van der Waals surface area contributed by atoms with Crippen molar-refractivity contribution in [3.63, 3.8) is 0 Å². The number of hydrogen-bond donors (Lipinski definition) is 4. The van der Waals surface area contributed by atoms with Crippen LogP contribution >= 0.6 is 11.8 Å². The molecule has 1 saturated carbocycles. The van der Waals surface area contributed by atoms with Crippen LogP contribution in [0.3, 0.4) is 0 Å². The van der Waals surface area contributed by atoms with Crippen molar-refractivity contribution in [2.45, 2.75) is 60.9 Å². The van der Waals surface area contributed by atoms with Crippen LogP contribution in [0, 0.1) is 5.92 Å². The summed E-state index contributed by atoms with van der Waals surface area (Å²) in [5.41, 5.74) is 1.41. The van der Waals surface area contributed by atoms with Crippen molar-refractivity contribution in [2.24, 2.45) is 5.92 Å². The van der Waals surface area contributed by atoms with Crippen molar-refractivity contribution in [3.8, 4) is 5.75 Å². The van der Waals surface area contributed by atoms with Crippen LogP contribution in [0.2, 0.25) is 0 Å². The molecule has 0 bridgehead atoms. The van der Waals surface area contributed by atoms with Gasteiger partial charge in [-0.1, -0.05) is 38.5 Å². The van der Waals surface area contributed by atoms with Crippen LogP contribution in [0.1, 0.15) is 39.5 Å². The number of rotatable bonds is 10. The second-order valence-electron chi connectivity index (χ2n) is 8.89. The molecule has 1 aliphatic heterocycles. The first kappa shape index (κ1) is 24.7. The first-order valence-corrected chi connectivity index (χ1v) is 14.0. The Bertz CT molecular complexity index is 1100. The van der Waals surface area contributed by atoms with Gasteiger partial charge in [-0.05, 0) is 55.3 Å². The van der Waals surface area contributed by atoms with Crippen LogP contribution in [0.15, 0.2) is 52.3 Å². The molecule has 4 N–H and O–H groups in total. The van der Waals surface area contributed by atoms with Crippen LogP contribution in [-0.4, -0.2) is 39.0 Å². The van der Waals surface area contributed by atoms with Gasteiger partial charge in [-0.2, -0.15) is 8.42 Å². The summed E-state index contributed by atoms with van der Waals surface area (Å²) in [7, 11) is -3.97. The number of benzene rings is 2.